The lowest BCUT2D eigenvalue weighted by Crippen LogP contribution is -2.40. The third-order valence-corrected chi connectivity index (χ3v) is 6.27. The number of benzene rings is 1. The standard InChI is InChI=1S/C14H19FN2O2S2/c1-3-10-8-7-9(2)17(10)21(18,19)12-6-4-5-11(15)13(12)14(16)20/h4-6,9-10H,3,7-8H2,1-2H3,(H2,16,20). The lowest BCUT2D eigenvalue weighted by Gasteiger charge is -2.28. The predicted molar refractivity (Wildman–Crippen MR) is 84.1 cm³/mol. The van der Waals surface area contributed by atoms with Crippen molar-refractivity contribution in [2.75, 3.05) is 0 Å². The third-order valence-electron chi connectivity index (χ3n) is 3.96. The summed E-state index contributed by atoms with van der Waals surface area (Å²) in [5, 5.41) is 0. The highest BCUT2D eigenvalue weighted by atomic mass is 32.2. The van der Waals surface area contributed by atoms with E-state index in [1.165, 1.54) is 16.4 Å². The molecule has 0 saturated carbocycles. The van der Waals surface area contributed by atoms with Crippen molar-refractivity contribution in [2.45, 2.75) is 50.1 Å². The highest BCUT2D eigenvalue weighted by Gasteiger charge is 2.40. The molecule has 0 bridgehead atoms. The van der Waals surface area contributed by atoms with Crippen LogP contribution in [-0.2, 0) is 10.0 Å². The van der Waals surface area contributed by atoms with Crippen LogP contribution in [0.2, 0.25) is 0 Å². The Hall–Kier alpha value is -1.05. The Morgan fingerprint density at radius 2 is 2.14 bits per heavy atom. The SMILES string of the molecule is CCC1CCC(C)N1S(=O)(=O)c1cccc(F)c1C(N)=S. The molecule has 2 N–H and O–H groups in total. The van der Waals surface area contributed by atoms with Crippen LogP contribution >= 0.6 is 12.2 Å². The molecule has 1 aliphatic heterocycles. The Labute approximate surface area is 130 Å². The largest absolute Gasteiger partial charge is 0.389 e. The van der Waals surface area contributed by atoms with Gasteiger partial charge in [0.25, 0.3) is 0 Å². The van der Waals surface area contributed by atoms with Crippen LogP contribution in [0.3, 0.4) is 0 Å². The van der Waals surface area contributed by atoms with Crippen molar-refractivity contribution in [3.05, 3.63) is 29.6 Å². The van der Waals surface area contributed by atoms with Gasteiger partial charge in [0.05, 0.1) is 10.5 Å². The fourth-order valence-electron chi connectivity index (χ4n) is 2.94. The molecule has 0 amide bonds. The number of sulfonamides is 1. The highest BCUT2D eigenvalue weighted by Crippen LogP contribution is 2.34. The van der Waals surface area contributed by atoms with E-state index in [2.05, 4.69) is 0 Å². The molecular weight excluding hydrogens is 311 g/mol. The molecule has 1 saturated heterocycles. The summed E-state index contributed by atoms with van der Waals surface area (Å²) in [6.07, 6.45) is 2.34. The number of hydrogen-bond donors (Lipinski definition) is 1. The van der Waals surface area contributed by atoms with Crippen LogP contribution in [0.15, 0.2) is 23.1 Å². The molecule has 1 aromatic rings. The van der Waals surface area contributed by atoms with Crippen molar-refractivity contribution in [3.63, 3.8) is 0 Å². The molecule has 1 fully saturated rings. The summed E-state index contributed by atoms with van der Waals surface area (Å²) in [5.41, 5.74) is 5.33. The van der Waals surface area contributed by atoms with Gasteiger partial charge in [0.1, 0.15) is 10.8 Å². The number of hydrogen-bond acceptors (Lipinski definition) is 3. The number of halogens is 1. The van der Waals surface area contributed by atoms with Gasteiger partial charge in [-0.05, 0) is 38.3 Å². The molecule has 116 valence electrons. The van der Waals surface area contributed by atoms with Gasteiger partial charge >= 0.3 is 0 Å². The fourth-order valence-corrected chi connectivity index (χ4v) is 5.38. The summed E-state index contributed by atoms with van der Waals surface area (Å²) in [5.74, 6) is -0.705. The summed E-state index contributed by atoms with van der Waals surface area (Å²) in [7, 11) is -3.82. The number of nitrogens with zero attached hydrogens (tertiary/aromatic N) is 1. The zero-order valence-electron chi connectivity index (χ0n) is 12.0. The molecule has 0 aliphatic carbocycles. The van der Waals surface area contributed by atoms with Crippen LogP contribution in [0.5, 0.6) is 0 Å². The smallest absolute Gasteiger partial charge is 0.244 e. The molecule has 1 heterocycles. The molecule has 0 radical (unpaired) electrons. The van der Waals surface area contributed by atoms with Crippen LogP contribution in [0.4, 0.5) is 4.39 Å². The van der Waals surface area contributed by atoms with Gasteiger partial charge in [-0.25, -0.2) is 12.8 Å². The van der Waals surface area contributed by atoms with Crippen molar-refractivity contribution in [1.29, 1.82) is 0 Å². The van der Waals surface area contributed by atoms with E-state index >= 15 is 0 Å². The van der Waals surface area contributed by atoms with Crippen molar-refractivity contribution in [1.82, 2.24) is 4.31 Å². The van der Waals surface area contributed by atoms with Crippen molar-refractivity contribution in [2.24, 2.45) is 5.73 Å². The van der Waals surface area contributed by atoms with Crippen LogP contribution in [0, 0.1) is 5.82 Å². The van der Waals surface area contributed by atoms with Crippen LogP contribution < -0.4 is 5.73 Å². The van der Waals surface area contributed by atoms with Crippen molar-refractivity contribution < 1.29 is 12.8 Å². The van der Waals surface area contributed by atoms with E-state index in [4.69, 9.17) is 18.0 Å². The van der Waals surface area contributed by atoms with Crippen LogP contribution in [0.1, 0.15) is 38.7 Å². The first kappa shape index (κ1) is 16.3. The second kappa shape index (κ2) is 5.98. The molecule has 0 aromatic heterocycles. The molecule has 2 unspecified atom stereocenters. The van der Waals surface area contributed by atoms with Crippen molar-refractivity contribution >= 4 is 27.2 Å². The van der Waals surface area contributed by atoms with Gasteiger partial charge in [0, 0.05) is 12.1 Å². The van der Waals surface area contributed by atoms with Gasteiger partial charge < -0.3 is 5.73 Å². The minimum Gasteiger partial charge on any atom is -0.389 e. The maximum Gasteiger partial charge on any atom is 0.244 e. The molecule has 2 atom stereocenters. The van der Waals surface area contributed by atoms with Gasteiger partial charge in [0.15, 0.2) is 0 Å². The number of nitrogens with two attached hydrogens (primary N) is 1. The third kappa shape index (κ3) is 2.82. The summed E-state index contributed by atoms with van der Waals surface area (Å²) < 4.78 is 41.3. The Kier molecular flexibility index (Phi) is 4.65. The molecule has 4 nitrogen and oxygen atoms in total. The predicted octanol–water partition coefficient (Wildman–Crippen LogP) is 2.41. The quantitative estimate of drug-likeness (QED) is 0.861. The van der Waals surface area contributed by atoms with Crippen LogP contribution in [-0.4, -0.2) is 29.8 Å². The Balaban J connectivity index is 2.60. The Morgan fingerprint density at radius 3 is 2.71 bits per heavy atom. The molecular formula is C14H19FN2O2S2. The highest BCUT2D eigenvalue weighted by molar-refractivity contribution is 7.89. The lowest BCUT2D eigenvalue weighted by atomic mass is 10.2. The number of thiocarbonyl (C=S) groups is 1. The van der Waals surface area contributed by atoms with E-state index < -0.39 is 15.8 Å². The van der Waals surface area contributed by atoms with E-state index in [1.807, 2.05) is 13.8 Å². The lowest BCUT2D eigenvalue weighted by molar-refractivity contribution is 0.328. The first-order valence-corrected chi connectivity index (χ1v) is 8.77. The fraction of sp³-hybridized carbons (Fsp3) is 0.500. The van der Waals surface area contributed by atoms with E-state index in [0.717, 1.165) is 25.3 Å². The van der Waals surface area contributed by atoms with E-state index in [9.17, 15) is 12.8 Å². The number of rotatable bonds is 4. The van der Waals surface area contributed by atoms with E-state index in [0.29, 0.717) is 0 Å². The first-order chi connectivity index (χ1) is 9.80. The molecule has 1 aliphatic rings. The van der Waals surface area contributed by atoms with E-state index in [-0.39, 0.29) is 27.5 Å². The topological polar surface area (TPSA) is 63.4 Å². The average Bonchev–Trinajstić information content (AvgIpc) is 2.79. The Bertz CT molecular complexity index is 661. The van der Waals surface area contributed by atoms with Gasteiger partial charge in [-0.3, -0.25) is 0 Å². The normalized spacial score (nSPS) is 23.4. The van der Waals surface area contributed by atoms with Gasteiger partial charge in [-0.15, -0.1) is 0 Å². The molecule has 1 aromatic carbocycles. The van der Waals surface area contributed by atoms with Gasteiger partial charge in [0.2, 0.25) is 10.0 Å². The van der Waals surface area contributed by atoms with Crippen molar-refractivity contribution in [3.8, 4) is 0 Å². The van der Waals surface area contributed by atoms with Gasteiger partial charge in [-0.2, -0.15) is 4.31 Å². The summed E-state index contributed by atoms with van der Waals surface area (Å²) in [4.78, 5) is -0.381. The van der Waals surface area contributed by atoms with E-state index in [1.54, 1.807) is 0 Å². The molecule has 2 rings (SSSR count). The second-order valence-corrected chi connectivity index (χ2v) is 7.55. The average molecular weight is 330 g/mol. The maximum atomic E-state index is 13.9. The zero-order valence-corrected chi connectivity index (χ0v) is 13.7. The minimum atomic E-state index is -3.82. The minimum absolute atomic E-state index is 0.0625. The first-order valence-electron chi connectivity index (χ1n) is 6.92. The molecule has 21 heavy (non-hydrogen) atoms. The molecule has 7 heteroatoms. The van der Waals surface area contributed by atoms with Gasteiger partial charge in [-0.1, -0.05) is 25.2 Å². The maximum absolute atomic E-state index is 13.9. The summed E-state index contributed by atoms with van der Waals surface area (Å²) in [6, 6.07) is 3.73. The second-order valence-electron chi connectivity index (χ2n) is 5.30. The van der Waals surface area contributed by atoms with Crippen LogP contribution in [0.25, 0.3) is 0 Å². The Morgan fingerprint density at radius 1 is 1.48 bits per heavy atom. The monoisotopic (exact) mass is 330 g/mol. The summed E-state index contributed by atoms with van der Waals surface area (Å²) in [6.45, 7) is 3.82. The molecule has 0 spiro atoms. The zero-order chi connectivity index (χ0) is 15.8. The summed E-state index contributed by atoms with van der Waals surface area (Å²) >= 11 is 4.82.